The summed E-state index contributed by atoms with van der Waals surface area (Å²) in [7, 11) is 0. The minimum atomic E-state index is -0.171. The van der Waals surface area contributed by atoms with E-state index in [9.17, 15) is 4.39 Å². The van der Waals surface area contributed by atoms with Crippen LogP contribution in [0.15, 0.2) is 22.7 Å². The molecule has 1 aromatic carbocycles. The van der Waals surface area contributed by atoms with E-state index in [1.807, 2.05) is 6.07 Å². The lowest BCUT2D eigenvalue weighted by Gasteiger charge is -2.24. The minimum Gasteiger partial charge on any atom is -0.299 e. The second kappa shape index (κ2) is 8.78. The van der Waals surface area contributed by atoms with E-state index < -0.39 is 0 Å². The summed E-state index contributed by atoms with van der Waals surface area (Å²) < 4.78 is 14.2. The number of halogens is 2. The number of rotatable bonds is 8. The Morgan fingerprint density at radius 3 is 2.10 bits per heavy atom. The van der Waals surface area contributed by atoms with Gasteiger partial charge in [-0.25, -0.2) is 4.39 Å². The van der Waals surface area contributed by atoms with Crippen LogP contribution in [0.25, 0.3) is 0 Å². The zero-order valence-electron chi connectivity index (χ0n) is 13.1. The zero-order chi connectivity index (χ0) is 15.1. The molecule has 0 bridgehead atoms. The highest BCUT2D eigenvalue weighted by Gasteiger charge is 2.12. The number of nitrogens with zero attached hydrogens (tertiary/aromatic N) is 1. The van der Waals surface area contributed by atoms with Gasteiger partial charge in [0.1, 0.15) is 5.82 Å². The summed E-state index contributed by atoms with van der Waals surface area (Å²) >= 11 is 3.37. The fourth-order valence-corrected chi connectivity index (χ4v) is 2.45. The van der Waals surface area contributed by atoms with E-state index in [2.05, 4.69) is 48.5 Å². The van der Waals surface area contributed by atoms with Crippen molar-refractivity contribution in [2.24, 2.45) is 11.8 Å². The van der Waals surface area contributed by atoms with Crippen LogP contribution >= 0.6 is 15.9 Å². The lowest BCUT2D eigenvalue weighted by Crippen LogP contribution is -2.27. The van der Waals surface area contributed by atoms with Crippen molar-refractivity contribution in [1.29, 1.82) is 0 Å². The van der Waals surface area contributed by atoms with Gasteiger partial charge in [-0.2, -0.15) is 0 Å². The second-order valence-corrected chi connectivity index (χ2v) is 7.15. The Morgan fingerprint density at radius 1 is 1.05 bits per heavy atom. The predicted octanol–water partition coefficient (Wildman–Crippen LogP) is 5.48. The largest absolute Gasteiger partial charge is 0.299 e. The van der Waals surface area contributed by atoms with Crippen molar-refractivity contribution >= 4 is 15.9 Å². The molecule has 1 aromatic rings. The number of hydrogen-bond acceptors (Lipinski definition) is 1. The van der Waals surface area contributed by atoms with Crippen LogP contribution < -0.4 is 0 Å². The molecule has 0 spiro atoms. The van der Waals surface area contributed by atoms with Gasteiger partial charge in [-0.15, -0.1) is 0 Å². The van der Waals surface area contributed by atoms with Crippen LogP contribution in [0.3, 0.4) is 0 Å². The molecule has 1 nitrogen and oxygen atoms in total. The Kier molecular flexibility index (Phi) is 7.75. The predicted molar refractivity (Wildman–Crippen MR) is 88.3 cm³/mol. The summed E-state index contributed by atoms with van der Waals surface area (Å²) in [5, 5.41) is 0. The van der Waals surface area contributed by atoms with E-state index in [0.717, 1.165) is 25.2 Å². The molecule has 3 heteroatoms. The highest BCUT2D eigenvalue weighted by molar-refractivity contribution is 9.10. The monoisotopic (exact) mass is 343 g/mol. The van der Waals surface area contributed by atoms with Crippen LogP contribution in [-0.2, 0) is 6.54 Å². The van der Waals surface area contributed by atoms with Crippen LogP contribution in [0.2, 0.25) is 0 Å². The molecule has 20 heavy (non-hydrogen) atoms. The Balaban J connectivity index is 2.69. The molecule has 0 radical (unpaired) electrons. The molecule has 1 rings (SSSR count). The van der Waals surface area contributed by atoms with Crippen LogP contribution in [0.1, 0.15) is 46.1 Å². The van der Waals surface area contributed by atoms with E-state index >= 15 is 0 Å². The van der Waals surface area contributed by atoms with E-state index in [4.69, 9.17) is 0 Å². The lowest BCUT2D eigenvalue weighted by molar-refractivity contribution is 0.235. The first-order chi connectivity index (χ1) is 9.40. The van der Waals surface area contributed by atoms with Crippen molar-refractivity contribution in [3.05, 3.63) is 34.1 Å². The topological polar surface area (TPSA) is 3.24 Å². The normalized spacial score (nSPS) is 11.8. The SMILES string of the molecule is CC(C)CCN(CCC(C)C)Cc1cccc(F)c1Br. The van der Waals surface area contributed by atoms with Crippen LogP contribution in [-0.4, -0.2) is 18.0 Å². The maximum Gasteiger partial charge on any atom is 0.137 e. The average Bonchev–Trinajstić information content (AvgIpc) is 2.37. The fraction of sp³-hybridized carbons (Fsp3) is 0.647. The first kappa shape index (κ1) is 17.6. The molecule has 0 amide bonds. The molecule has 0 saturated carbocycles. The van der Waals surface area contributed by atoms with Gasteiger partial charge in [0.25, 0.3) is 0 Å². The molecule has 0 aliphatic heterocycles. The Bertz CT molecular complexity index is 392. The molecule has 114 valence electrons. The van der Waals surface area contributed by atoms with Gasteiger partial charge in [0, 0.05) is 6.54 Å². The van der Waals surface area contributed by atoms with Crippen molar-refractivity contribution in [1.82, 2.24) is 4.90 Å². The highest BCUT2D eigenvalue weighted by atomic mass is 79.9. The van der Waals surface area contributed by atoms with E-state index in [1.165, 1.54) is 18.9 Å². The smallest absolute Gasteiger partial charge is 0.137 e. The molecule has 0 heterocycles. The molecular formula is C17H27BrFN. The van der Waals surface area contributed by atoms with Gasteiger partial charge >= 0.3 is 0 Å². The van der Waals surface area contributed by atoms with Crippen molar-refractivity contribution in [2.45, 2.75) is 47.1 Å². The maximum atomic E-state index is 13.6. The summed E-state index contributed by atoms with van der Waals surface area (Å²) in [6, 6.07) is 5.30. The molecule has 0 atom stereocenters. The van der Waals surface area contributed by atoms with Crippen LogP contribution in [0, 0.1) is 17.7 Å². The average molecular weight is 344 g/mol. The van der Waals surface area contributed by atoms with Gasteiger partial charge in [0.2, 0.25) is 0 Å². The molecular weight excluding hydrogens is 317 g/mol. The second-order valence-electron chi connectivity index (χ2n) is 6.35. The van der Waals surface area contributed by atoms with Crippen molar-refractivity contribution in [2.75, 3.05) is 13.1 Å². The van der Waals surface area contributed by atoms with E-state index in [1.54, 1.807) is 6.07 Å². The quantitative estimate of drug-likeness (QED) is 0.603. The standard InChI is InChI=1S/C17H27BrFN/c1-13(2)8-10-20(11-9-14(3)4)12-15-6-5-7-16(19)17(15)18/h5-7,13-14H,8-12H2,1-4H3. The molecule has 0 unspecified atom stereocenters. The van der Waals surface area contributed by atoms with Crippen LogP contribution in [0.5, 0.6) is 0 Å². The van der Waals surface area contributed by atoms with Gasteiger partial charge in [-0.05, 0) is 65.3 Å². The summed E-state index contributed by atoms with van der Waals surface area (Å²) in [4.78, 5) is 2.44. The molecule has 0 aliphatic rings. The summed E-state index contributed by atoms with van der Waals surface area (Å²) in [5.74, 6) is 1.23. The summed E-state index contributed by atoms with van der Waals surface area (Å²) in [6.07, 6.45) is 2.37. The number of benzene rings is 1. The van der Waals surface area contributed by atoms with Crippen LogP contribution in [0.4, 0.5) is 4.39 Å². The molecule has 0 aromatic heterocycles. The molecule has 0 aliphatic carbocycles. The van der Waals surface area contributed by atoms with E-state index in [0.29, 0.717) is 16.3 Å². The number of hydrogen-bond donors (Lipinski definition) is 0. The van der Waals surface area contributed by atoms with Gasteiger partial charge in [-0.3, -0.25) is 4.90 Å². The maximum absolute atomic E-state index is 13.6. The molecule has 0 fully saturated rings. The molecule has 0 N–H and O–H groups in total. The summed E-state index contributed by atoms with van der Waals surface area (Å²) in [5.41, 5.74) is 1.04. The van der Waals surface area contributed by atoms with Gasteiger partial charge in [0.05, 0.1) is 4.47 Å². The first-order valence-electron chi connectivity index (χ1n) is 7.55. The van der Waals surface area contributed by atoms with Crippen molar-refractivity contribution in [3.8, 4) is 0 Å². The van der Waals surface area contributed by atoms with Gasteiger partial charge in [0.15, 0.2) is 0 Å². The Labute approximate surface area is 131 Å². The van der Waals surface area contributed by atoms with Crippen molar-refractivity contribution < 1.29 is 4.39 Å². The highest BCUT2D eigenvalue weighted by Crippen LogP contribution is 2.22. The molecule has 0 saturated heterocycles. The Hall–Kier alpha value is -0.410. The zero-order valence-corrected chi connectivity index (χ0v) is 14.7. The third kappa shape index (κ3) is 6.36. The van der Waals surface area contributed by atoms with E-state index in [-0.39, 0.29) is 5.82 Å². The van der Waals surface area contributed by atoms with Gasteiger partial charge < -0.3 is 0 Å². The first-order valence-corrected chi connectivity index (χ1v) is 8.34. The minimum absolute atomic E-state index is 0.171. The van der Waals surface area contributed by atoms with Crippen molar-refractivity contribution in [3.63, 3.8) is 0 Å². The third-order valence-corrected chi connectivity index (χ3v) is 4.36. The summed E-state index contributed by atoms with van der Waals surface area (Å²) in [6.45, 7) is 12.0. The fourth-order valence-electron chi connectivity index (χ4n) is 2.06. The third-order valence-electron chi connectivity index (χ3n) is 3.47. The lowest BCUT2D eigenvalue weighted by atomic mass is 10.1. The Morgan fingerprint density at radius 2 is 1.60 bits per heavy atom. The van der Waals surface area contributed by atoms with Gasteiger partial charge in [-0.1, -0.05) is 39.8 Å².